The van der Waals surface area contributed by atoms with Crippen molar-refractivity contribution in [2.24, 2.45) is 10.7 Å². The molecule has 1 aliphatic carbocycles. The molecule has 0 spiro atoms. The molecule has 0 aromatic heterocycles. The van der Waals surface area contributed by atoms with E-state index >= 15 is 0 Å². The van der Waals surface area contributed by atoms with Crippen LogP contribution in [0.15, 0.2) is 28.6 Å². The largest absolute Gasteiger partial charge is 0.403 e. The first-order valence-corrected chi connectivity index (χ1v) is 6.31. The van der Waals surface area contributed by atoms with Gasteiger partial charge in [0, 0.05) is 19.3 Å². The lowest BCUT2D eigenvalue weighted by atomic mass is 9.90. The summed E-state index contributed by atoms with van der Waals surface area (Å²) in [7, 11) is 1.69. The van der Waals surface area contributed by atoms with E-state index in [4.69, 9.17) is 17.3 Å². The van der Waals surface area contributed by atoms with Gasteiger partial charge in [-0.15, -0.1) is 0 Å². The molecule has 1 heterocycles. The lowest BCUT2D eigenvalue weighted by molar-refractivity contribution is -0.130. The summed E-state index contributed by atoms with van der Waals surface area (Å²) in [6.07, 6.45) is 4.72. The van der Waals surface area contributed by atoms with Gasteiger partial charge in [0.25, 0.3) is 0 Å². The summed E-state index contributed by atoms with van der Waals surface area (Å²) < 4.78 is 0. The van der Waals surface area contributed by atoms with Gasteiger partial charge in [-0.25, -0.2) is 4.99 Å². The first-order valence-electron chi connectivity index (χ1n) is 5.93. The van der Waals surface area contributed by atoms with Gasteiger partial charge in [-0.05, 0) is 19.3 Å². The van der Waals surface area contributed by atoms with Crippen LogP contribution in [0.1, 0.15) is 19.3 Å². The van der Waals surface area contributed by atoms with Gasteiger partial charge in [0.1, 0.15) is 10.9 Å². The first-order chi connectivity index (χ1) is 8.54. The molecule has 0 aromatic rings. The van der Waals surface area contributed by atoms with E-state index in [1.54, 1.807) is 7.05 Å². The number of carbonyl (C=O) groups excluding carboxylic acids is 1. The van der Waals surface area contributed by atoms with Crippen LogP contribution in [0.4, 0.5) is 0 Å². The molecular formula is C12H17ClN4O. The molecule has 0 unspecified atom stereocenters. The van der Waals surface area contributed by atoms with Crippen LogP contribution < -0.4 is 5.73 Å². The van der Waals surface area contributed by atoms with E-state index in [0.717, 1.165) is 12.8 Å². The van der Waals surface area contributed by atoms with Gasteiger partial charge in [0.2, 0.25) is 5.91 Å². The molecule has 18 heavy (non-hydrogen) atoms. The number of carbonyl (C=O) groups is 1. The Morgan fingerprint density at radius 3 is 2.72 bits per heavy atom. The Labute approximate surface area is 112 Å². The van der Waals surface area contributed by atoms with Crippen LogP contribution in [-0.2, 0) is 4.79 Å². The standard InChI is InChI=1S/C12H17ClN4O/c1-8(13)15-12-10(6-14)16(2)11(18)7-17(12)9-4-3-5-9/h6,9H,1,3-5,7,14H2,2H3/b10-6+,15-12+. The second-order valence-corrected chi connectivity index (χ2v) is 4.97. The Morgan fingerprint density at radius 2 is 2.28 bits per heavy atom. The highest BCUT2D eigenvalue weighted by Gasteiger charge is 2.37. The number of likely N-dealkylation sites (N-methyl/N-ethyl adjacent to an activating group) is 1. The first kappa shape index (κ1) is 13.0. The zero-order chi connectivity index (χ0) is 13.3. The van der Waals surface area contributed by atoms with E-state index < -0.39 is 0 Å². The van der Waals surface area contributed by atoms with Gasteiger partial charge in [-0.1, -0.05) is 18.2 Å². The molecule has 1 saturated carbocycles. The maximum Gasteiger partial charge on any atom is 0.246 e. The lowest BCUT2D eigenvalue weighted by Gasteiger charge is -2.44. The zero-order valence-corrected chi connectivity index (χ0v) is 11.2. The summed E-state index contributed by atoms with van der Waals surface area (Å²) in [5.41, 5.74) is 6.19. The number of aliphatic imine (C=N–C) groups is 1. The predicted octanol–water partition coefficient (Wildman–Crippen LogP) is 1.22. The number of piperazine rings is 1. The average Bonchev–Trinajstić information content (AvgIpc) is 2.22. The van der Waals surface area contributed by atoms with E-state index in [9.17, 15) is 4.79 Å². The smallest absolute Gasteiger partial charge is 0.246 e. The number of amidine groups is 1. The molecule has 0 radical (unpaired) electrons. The lowest BCUT2D eigenvalue weighted by Crippen LogP contribution is -2.56. The molecule has 2 aliphatic rings. The van der Waals surface area contributed by atoms with Gasteiger partial charge < -0.3 is 15.5 Å². The van der Waals surface area contributed by atoms with Crippen molar-refractivity contribution >= 4 is 23.3 Å². The molecule has 0 bridgehead atoms. The number of nitrogens with two attached hydrogens (primary N) is 1. The second-order valence-electron chi connectivity index (χ2n) is 4.53. The molecule has 2 N–H and O–H groups in total. The fraction of sp³-hybridized carbons (Fsp3) is 0.500. The van der Waals surface area contributed by atoms with Crippen LogP contribution in [0.5, 0.6) is 0 Å². The molecule has 1 aliphatic heterocycles. The van der Waals surface area contributed by atoms with E-state index in [2.05, 4.69) is 11.6 Å². The number of halogens is 1. The molecule has 2 fully saturated rings. The Bertz CT molecular complexity index is 439. The van der Waals surface area contributed by atoms with Crippen molar-refractivity contribution in [2.45, 2.75) is 25.3 Å². The number of amides is 1. The third kappa shape index (κ3) is 2.22. The highest BCUT2D eigenvalue weighted by Crippen LogP contribution is 2.29. The summed E-state index contributed by atoms with van der Waals surface area (Å²) in [4.78, 5) is 19.6. The maximum atomic E-state index is 11.9. The average molecular weight is 269 g/mol. The summed E-state index contributed by atoms with van der Waals surface area (Å²) in [6.45, 7) is 3.90. The summed E-state index contributed by atoms with van der Waals surface area (Å²) >= 11 is 5.77. The third-order valence-corrected chi connectivity index (χ3v) is 3.53. The molecule has 1 saturated heterocycles. The van der Waals surface area contributed by atoms with Gasteiger partial charge in [-0.3, -0.25) is 4.79 Å². The Hall–Kier alpha value is -1.49. The Morgan fingerprint density at radius 1 is 1.61 bits per heavy atom. The van der Waals surface area contributed by atoms with Crippen molar-refractivity contribution in [1.29, 1.82) is 0 Å². The van der Waals surface area contributed by atoms with Crippen molar-refractivity contribution in [2.75, 3.05) is 13.6 Å². The normalized spacial score (nSPS) is 25.8. The fourth-order valence-corrected chi connectivity index (χ4v) is 2.26. The highest BCUT2D eigenvalue weighted by atomic mass is 35.5. The summed E-state index contributed by atoms with van der Waals surface area (Å²) in [5.74, 6) is 0.655. The van der Waals surface area contributed by atoms with Gasteiger partial charge in [0.05, 0.1) is 6.54 Å². The molecule has 2 rings (SSSR count). The highest BCUT2D eigenvalue weighted by molar-refractivity contribution is 6.30. The van der Waals surface area contributed by atoms with Crippen LogP contribution >= 0.6 is 11.6 Å². The quantitative estimate of drug-likeness (QED) is 0.766. The number of hydrogen-bond donors (Lipinski definition) is 1. The topological polar surface area (TPSA) is 61.9 Å². The second kappa shape index (κ2) is 5.02. The monoisotopic (exact) mass is 268 g/mol. The predicted molar refractivity (Wildman–Crippen MR) is 71.8 cm³/mol. The molecular weight excluding hydrogens is 252 g/mol. The van der Waals surface area contributed by atoms with Gasteiger partial charge in [-0.2, -0.15) is 0 Å². The summed E-state index contributed by atoms with van der Waals surface area (Å²) in [5, 5.41) is 0.191. The molecule has 1 amide bonds. The zero-order valence-electron chi connectivity index (χ0n) is 10.4. The van der Waals surface area contributed by atoms with Crippen molar-refractivity contribution in [1.82, 2.24) is 9.80 Å². The van der Waals surface area contributed by atoms with Gasteiger partial charge in [0.15, 0.2) is 5.84 Å². The van der Waals surface area contributed by atoms with Crippen LogP contribution in [0.3, 0.4) is 0 Å². The molecule has 98 valence electrons. The molecule has 6 heteroatoms. The fourth-order valence-electron chi connectivity index (χ4n) is 2.18. The van der Waals surface area contributed by atoms with E-state index in [-0.39, 0.29) is 11.1 Å². The Kier molecular flexibility index (Phi) is 3.61. The number of rotatable bonds is 2. The minimum Gasteiger partial charge on any atom is -0.403 e. The molecule has 0 atom stereocenters. The minimum absolute atomic E-state index is 0.0118. The van der Waals surface area contributed by atoms with Crippen LogP contribution in [-0.4, -0.2) is 41.2 Å². The number of hydrogen-bond acceptors (Lipinski definition) is 3. The van der Waals surface area contributed by atoms with Crippen LogP contribution in [0.2, 0.25) is 0 Å². The van der Waals surface area contributed by atoms with Crippen molar-refractivity contribution in [3.05, 3.63) is 23.6 Å². The number of nitrogens with zero attached hydrogens (tertiary/aromatic N) is 3. The van der Waals surface area contributed by atoms with E-state index in [1.165, 1.54) is 17.5 Å². The Balaban J connectivity index is 2.37. The van der Waals surface area contributed by atoms with Crippen molar-refractivity contribution in [3.8, 4) is 0 Å². The molecule has 0 aromatic carbocycles. The van der Waals surface area contributed by atoms with E-state index in [0.29, 0.717) is 24.1 Å². The SMILES string of the molecule is C=C(Cl)/N=C1\C(=C/N)N(C)C(=O)CN1C1CCC1. The van der Waals surface area contributed by atoms with Gasteiger partial charge >= 0.3 is 0 Å². The minimum atomic E-state index is 0.0118. The van der Waals surface area contributed by atoms with Crippen LogP contribution in [0, 0.1) is 0 Å². The van der Waals surface area contributed by atoms with E-state index in [1.807, 2.05) is 4.90 Å². The summed E-state index contributed by atoms with van der Waals surface area (Å²) in [6, 6.07) is 0.354. The van der Waals surface area contributed by atoms with Crippen molar-refractivity contribution in [3.63, 3.8) is 0 Å². The molecule has 5 nitrogen and oxygen atoms in total. The third-order valence-electron chi connectivity index (χ3n) is 3.44. The van der Waals surface area contributed by atoms with Crippen LogP contribution in [0.25, 0.3) is 0 Å². The maximum absolute atomic E-state index is 11.9. The van der Waals surface area contributed by atoms with Crippen molar-refractivity contribution < 1.29 is 4.79 Å².